The van der Waals surface area contributed by atoms with Crippen molar-refractivity contribution < 1.29 is 0 Å². The zero-order valence-corrected chi connectivity index (χ0v) is 31.0. The van der Waals surface area contributed by atoms with Crippen LogP contribution in [0.1, 0.15) is 0 Å². The third-order valence-corrected chi connectivity index (χ3v) is 11.9. The molecule has 0 bridgehead atoms. The molecule has 4 nitrogen and oxygen atoms in total. The van der Waals surface area contributed by atoms with Gasteiger partial charge < -0.3 is 9.47 Å². The lowest BCUT2D eigenvalue weighted by atomic mass is 9.81. The van der Waals surface area contributed by atoms with E-state index in [1.54, 1.807) is 0 Å². The molecule has 9 aromatic rings. The second-order valence-corrected chi connectivity index (χ2v) is 14.9. The molecule has 0 spiro atoms. The number of hydrogen-bond acceptors (Lipinski definition) is 2. The maximum absolute atomic E-state index is 5.20. The van der Waals surface area contributed by atoms with E-state index in [2.05, 4.69) is 214 Å². The summed E-state index contributed by atoms with van der Waals surface area (Å²) in [6, 6.07) is 64.1. The van der Waals surface area contributed by atoms with Crippen LogP contribution in [0.5, 0.6) is 0 Å². The van der Waals surface area contributed by atoms with E-state index < -0.39 is 0 Å². The Morgan fingerprint density at radius 1 is 0.474 bits per heavy atom. The quantitative estimate of drug-likeness (QED) is 0.169. The molecular weight excluding hydrogens is 693 g/mol. The molecule has 0 N–H and O–H groups in total. The van der Waals surface area contributed by atoms with Gasteiger partial charge in [0.25, 0.3) is 0 Å². The van der Waals surface area contributed by atoms with E-state index in [0.29, 0.717) is 0 Å². The van der Waals surface area contributed by atoms with Crippen molar-refractivity contribution in [1.82, 2.24) is 14.1 Å². The van der Waals surface area contributed by atoms with Crippen molar-refractivity contribution >= 4 is 50.3 Å². The lowest BCUT2D eigenvalue weighted by Crippen LogP contribution is -2.44. The predicted octanol–water partition coefficient (Wildman–Crippen LogP) is 13.1. The summed E-state index contributed by atoms with van der Waals surface area (Å²) in [6.07, 6.45) is 10.8. The second-order valence-electron chi connectivity index (χ2n) is 14.9. The van der Waals surface area contributed by atoms with Gasteiger partial charge in [0.15, 0.2) is 0 Å². The van der Waals surface area contributed by atoms with Gasteiger partial charge in [0.1, 0.15) is 11.7 Å². The van der Waals surface area contributed by atoms with Gasteiger partial charge in [-0.1, -0.05) is 127 Å². The van der Waals surface area contributed by atoms with Crippen molar-refractivity contribution in [2.45, 2.75) is 6.04 Å². The van der Waals surface area contributed by atoms with Gasteiger partial charge in [0.2, 0.25) is 17.1 Å². The first kappa shape index (κ1) is 31.8. The van der Waals surface area contributed by atoms with Crippen LogP contribution in [0.15, 0.2) is 206 Å². The third kappa shape index (κ3) is 4.74. The molecule has 0 amide bonds. The van der Waals surface area contributed by atoms with Gasteiger partial charge in [-0.3, -0.25) is 4.98 Å². The molecule has 266 valence electrons. The summed E-state index contributed by atoms with van der Waals surface area (Å²) in [6.45, 7) is 0. The van der Waals surface area contributed by atoms with Crippen LogP contribution in [0.2, 0.25) is 0 Å². The van der Waals surface area contributed by atoms with Crippen LogP contribution in [-0.2, 0) is 0 Å². The number of para-hydroxylation sites is 4. The molecule has 1 unspecified atom stereocenters. The van der Waals surface area contributed by atoms with Gasteiger partial charge in [0.05, 0.1) is 16.7 Å². The van der Waals surface area contributed by atoms with Gasteiger partial charge in [-0.05, 0) is 76.3 Å². The Kier molecular flexibility index (Phi) is 6.96. The first-order valence-corrected chi connectivity index (χ1v) is 19.6. The maximum atomic E-state index is 5.20. The van der Waals surface area contributed by atoms with Gasteiger partial charge >= 0.3 is 0 Å². The van der Waals surface area contributed by atoms with Crippen LogP contribution in [0.4, 0.5) is 22.7 Å². The molecule has 2 aliphatic carbocycles. The predicted molar refractivity (Wildman–Crippen MR) is 237 cm³/mol. The molecule has 57 heavy (non-hydrogen) atoms. The molecule has 7 aromatic carbocycles. The summed E-state index contributed by atoms with van der Waals surface area (Å²) in [5.41, 5.74) is 18.3. The summed E-state index contributed by atoms with van der Waals surface area (Å²) in [4.78, 5) is 7.69. The fraction of sp³-hybridized carbons (Fsp3) is 0.0189. The van der Waals surface area contributed by atoms with E-state index in [0.717, 1.165) is 50.8 Å². The Bertz CT molecular complexity index is 3130. The Hall–Kier alpha value is -7.56. The lowest BCUT2D eigenvalue weighted by Gasteiger charge is -2.36. The summed E-state index contributed by atoms with van der Waals surface area (Å²) in [7, 11) is 0. The molecule has 2 aromatic heterocycles. The topological polar surface area (TPSA) is 24.1 Å². The minimum atomic E-state index is -0.0123. The molecular formula is C53H35N4+. The molecule has 1 aliphatic heterocycles. The number of anilines is 2. The van der Waals surface area contributed by atoms with E-state index in [1.165, 1.54) is 49.8 Å². The van der Waals surface area contributed by atoms with Gasteiger partial charge in [-0.2, -0.15) is 4.58 Å². The Morgan fingerprint density at radius 3 is 1.88 bits per heavy atom. The molecule has 4 heteroatoms. The number of nitrogens with zero attached hydrogens (tertiary/aromatic N) is 4. The minimum absolute atomic E-state index is 0.0123. The standard InChI is InChI=1S/C53H35N4/c1-3-16-35(17-4-1)55-49-27-13-14-28-50(49)56(36-18-5-2-6-19-36)52-34-46-45(33-51(52)55)40-30-29-37(57-47-25-11-9-22-41(47)42-23-10-12-26-48(42)57)32-44(40)39-21-8-7-20-38(39)43-24-15-31-54-53(43)46/h1-34,50H/q+1. The van der Waals surface area contributed by atoms with Crippen LogP contribution in [0.3, 0.4) is 0 Å². The molecule has 1 atom stereocenters. The summed E-state index contributed by atoms with van der Waals surface area (Å²) < 4.78 is 4.88. The molecule has 3 heterocycles. The van der Waals surface area contributed by atoms with Crippen molar-refractivity contribution in [2.75, 3.05) is 4.90 Å². The van der Waals surface area contributed by atoms with Crippen LogP contribution >= 0.6 is 0 Å². The zero-order valence-electron chi connectivity index (χ0n) is 31.0. The highest BCUT2D eigenvalue weighted by molar-refractivity contribution is 6.14. The largest absolute Gasteiger partial charge is 0.319 e. The molecule has 0 saturated carbocycles. The average Bonchev–Trinajstić information content (AvgIpc) is 3.62. The van der Waals surface area contributed by atoms with Gasteiger partial charge in [-0.25, -0.2) is 0 Å². The van der Waals surface area contributed by atoms with E-state index >= 15 is 0 Å². The third-order valence-electron chi connectivity index (χ3n) is 11.9. The Balaban J connectivity index is 1.20. The molecule has 0 saturated heterocycles. The number of pyridine rings is 1. The monoisotopic (exact) mass is 727 g/mol. The lowest BCUT2D eigenvalue weighted by molar-refractivity contribution is 0.897. The Morgan fingerprint density at radius 2 is 1.11 bits per heavy atom. The number of benzene rings is 7. The molecule has 0 radical (unpaired) electrons. The number of fused-ring (bicyclic) bond motifs is 13. The van der Waals surface area contributed by atoms with Crippen LogP contribution < -0.4 is 9.48 Å². The van der Waals surface area contributed by atoms with E-state index in [1.807, 2.05) is 6.20 Å². The van der Waals surface area contributed by atoms with Gasteiger partial charge in [0, 0.05) is 63.7 Å². The average molecular weight is 728 g/mol. The molecule has 12 rings (SSSR count). The van der Waals surface area contributed by atoms with E-state index in [-0.39, 0.29) is 6.04 Å². The van der Waals surface area contributed by atoms with Crippen molar-refractivity contribution in [1.29, 1.82) is 0 Å². The van der Waals surface area contributed by atoms with Crippen molar-refractivity contribution in [2.24, 2.45) is 0 Å². The van der Waals surface area contributed by atoms with Crippen molar-refractivity contribution in [3.05, 3.63) is 206 Å². The minimum Gasteiger partial charge on any atom is -0.319 e. The SMILES string of the molecule is C1=CC2=[N+](c3ccccc3)c3cc4c(cc3N(c3ccccc3)C2C=C1)-c1ncccc1-c1ccccc1-c1cc(-n2c3ccccc3c3ccccc32)ccc1-4. The highest BCUT2D eigenvalue weighted by Gasteiger charge is 2.41. The summed E-state index contributed by atoms with van der Waals surface area (Å²) >= 11 is 0. The molecule has 0 fully saturated rings. The smallest absolute Gasteiger partial charge is 0.236 e. The first-order chi connectivity index (χ1) is 28.3. The second kappa shape index (κ2) is 12.5. The van der Waals surface area contributed by atoms with E-state index in [4.69, 9.17) is 4.98 Å². The highest BCUT2D eigenvalue weighted by atomic mass is 15.2. The van der Waals surface area contributed by atoms with Crippen LogP contribution in [0, 0.1) is 0 Å². The summed E-state index contributed by atoms with van der Waals surface area (Å²) in [5, 5.41) is 2.51. The number of aromatic nitrogens is 2. The normalized spacial score (nSPS) is 14.9. The van der Waals surface area contributed by atoms with Gasteiger partial charge in [-0.15, -0.1) is 0 Å². The fourth-order valence-corrected chi connectivity index (χ4v) is 9.48. The number of hydrogen-bond donors (Lipinski definition) is 0. The maximum Gasteiger partial charge on any atom is 0.236 e. The van der Waals surface area contributed by atoms with Crippen LogP contribution in [-0.4, -0.2) is 21.3 Å². The van der Waals surface area contributed by atoms with Crippen molar-refractivity contribution in [3.63, 3.8) is 0 Å². The van der Waals surface area contributed by atoms with E-state index in [9.17, 15) is 0 Å². The highest BCUT2D eigenvalue weighted by Crippen LogP contribution is 2.53. The fourth-order valence-electron chi connectivity index (χ4n) is 9.48. The zero-order chi connectivity index (χ0) is 37.5. The first-order valence-electron chi connectivity index (χ1n) is 19.6. The summed E-state index contributed by atoms with van der Waals surface area (Å²) in [5.74, 6) is 0. The van der Waals surface area contributed by atoms with Crippen molar-refractivity contribution in [3.8, 4) is 50.3 Å². The number of rotatable bonds is 3. The molecule has 3 aliphatic rings. The van der Waals surface area contributed by atoms with Crippen LogP contribution in [0.25, 0.3) is 72.1 Å². The number of allylic oxidation sites excluding steroid dienone is 2. The Labute approximate surface area is 330 Å².